The van der Waals surface area contributed by atoms with Crippen LogP contribution in [0, 0.1) is 0 Å². The number of hydrogen-bond donors (Lipinski definition) is 1. The lowest BCUT2D eigenvalue weighted by atomic mass is 10.3. The van der Waals surface area contributed by atoms with Gasteiger partial charge in [0.15, 0.2) is 17.2 Å². The second-order valence-corrected chi connectivity index (χ2v) is 4.23. The van der Waals surface area contributed by atoms with Gasteiger partial charge in [-0.15, -0.1) is 0 Å². The molecule has 1 heterocycles. The minimum absolute atomic E-state index is 0.0868. The standard InChI is InChI=1S/C8H7BrO3S/c1-11-4-2-5-8(12-3-13-5)6(9)7(4)10/h2,10H,3H2,1H3. The van der Waals surface area contributed by atoms with Crippen LogP contribution in [0.1, 0.15) is 0 Å². The van der Waals surface area contributed by atoms with Crippen LogP contribution in [0.5, 0.6) is 17.2 Å². The smallest absolute Gasteiger partial charge is 0.176 e. The van der Waals surface area contributed by atoms with Crippen molar-refractivity contribution in [2.45, 2.75) is 4.90 Å². The first-order valence-electron chi connectivity index (χ1n) is 3.59. The van der Waals surface area contributed by atoms with Crippen LogP contribution in [-0.2, 0) is 0 Å². The lowest BCUT2D eigenvalue weighted by Gasteiger charge is -2.07. The predicted molar refractivity (Wildman–Crippen MR) is 53.7 cm³/mol. The summed E-state index contributed by atoms with van der Waals surface area (Å²) in [4.78, 5) is 0.988. The van der Waals surface area contributed by atoms with E-state index in [0.29, 0.717) is 21.9 Å². The minimum Gasteiger partial charge on any atom is -0.503 e. The Morgan fingerprint density at radius 1 is 1.69 bits per heavy atom. The first-order valence-corrected chi connectivity index (χ1v) is 5.37. The van der Waals surface area contributed by atoms with E-state index in [1.54, 1.807) is 17.8 Å². The number of hydrogen-bond acceptors (Lipinski definition) is 4. The fourth-order valence-electron chi connectivity index (χ4n) is 1.13. The van der Waals surface area contributed by atoms with Crippen LogP contribution in [0.4, 0.5) is 0 Å². The summed E-state index contributed by atoms with van der Waals surface area (Å²) in [6, 6.07) is 1.77. The Kier molecular flexibility index (Phi) is 2.29. The molecule has 13 heavy (non-hydrogen) atoms. The number of benzene rings is 1. The third kappa shape index (κ3) is 1.36. The van der Waals surface area contributed by atoms with Gasteiger partial charge in [0.05, 0.1) is 12.0 Å². The molecular formula is C8H7BrO3S. The van der Waals surface area contributed by atoms with Crippen molar-refractivity contribution in [2.75, 3.05) is 13.0 Å². The van der Waals surface area contributed by atoms with Crippen LogP contribution < -0.4 is 9.47 Å². The molecule has 0 amide bonds. The Morgan fingerprint density at radius 2 is 2.46 bits per heavy atom. The van der Waals surface area contributed by atoms with Crippen molar-refractivity contribution >= 4 is 27.7 Å². The van der Waals surface area contributed by atoms with Gasteiger partial charge < -0.3 is 14.6 Å². The van der Waals surface area contributed by atoms with Gasteiger partial charge in [-0.1, -0.05) is 11.8 Å². The lowest BCUT2D eigenvalue weighted by Crippen LogP contribution is -1.88. The van der Waals surface area contributed by atoms with E-state index in [1.165, 1.54) is 7.11 Å². The summed E-state index contributed by atoms with van der Waals surface area (Å²) >= 11 is 4.83. The molecule has 1 aromatic rings. The molecule has 0 saturated carbocycles. The molecule has 5 heteroatoms. The van der Waals surface area contributed by atoms with E-state index in [2.05, 4.69) is 15.9 Å². The molecule has 1 aliphatic heterocycles. The van der Waals surface area contributed by atoms with Crippen LogP contribution >= 0.6 is 27.7 Å². The summed E-state index contributed by atoms with van der Waals surface area (Å²) in [7, 11) is 1.52. The summed E-state index contributed by atoms with van der Waals surface area (Å²) in [6.07, 6.45) is 0. The van der Waals surface area contributed by atoms with Crippen molar-refractivity contribution in [1.29, 1.82) is 0 Å². The molecule has 2 rings (SSSR count). The largest absolute Gasteiger partial charge is 0.503 e. The van der Waals surface area contributed by atoms with Gasteiger partial charge in [0.2, 0.25) is 0 Å². The molecule has 0 radical (unpaired) electrons. The zero-order valence-electron chi connectivity index (χ0n) is 6.83. The number of fused-ring (bicyclic) bond motifs is 1. The molecule has 1 aliphatic rings. The zero-order valence-corrected chi connectivity index (χ0v) is 9.24. The Bertz CT molecular complexity index is 353. The van der Waals surface area contributed by atoms with Gasteiger partial charge in [0, 0.05) is 6.07 Å². The Balaban J connectivity index is 2.61. The maximum absolute atomic E-state index is 9.60. The van der Waals surface area contributed by atoms with Crippen LogP contribution in [0.25, 0.3) is 0 Å². The molecule has 0 unspecified atom stereocenters. The molecule has 0 fully saturated rings. The third-order valence-corrected chi connectivity index (χ3v) is 3.35. The summed E-state index contributed by atoms with van der Waals surface area (Å²) < 4.78 is 10.9. The molecule has 0 bridgehead atoms. The van der Waals surface area contributed by atoms with Crippen molar-refractivity contribution in [1.82, 2.24) is 0 Å². The van der Waals surface area contributed by atoms with Crippen LogP contribution in [0.15, 0.2) is 15.4 Å². The summed E-state index contributed by atoms with van der Waals surface area (Å²) in [5.41, 5.74) is 0. The number of phenols is 1. The van der Waals surface area contributed by atoms with E-state index in [-0.39, 0.29) is 5.75 Å². The van der Waals surface area contributed by atoms with E-state index >= 15 is 0 Å². The Morgan fingerprint density at radius 3 is 3.15 bits per heavy atom. The maximum Gasteiger partial charge on any atom is 0.176 e. The number of ether oxygens (including phenoxy) is 2. The van der Waals surface area contributed by atoms with E-state index < -0.39 is 0 Å². The zero-order chi connectivity index (χ0) is 9.42. The second kappa shape index (κ2) is 3.31. The lowest BCUT2D eigenvalue weighted by molar-refractivity contribution is 0.358. The highest BCUT2D eigenvalue weighted by Gasteiger charge is 2.22. The first-order chi connectivity index (χ1) is 6.24. The molecule has 0 aliphatic carbocycles. The van der Waals surface area contributed by atoms with E-state index in [1.807, 2.05) is 0 Å². The summed E-state index contributed by atoms with van der Waals surface area (Å²) in [5.74, 6) is 1.83. The second-order valence-electron chi connectivity index (χ2n) is 2.48. The quantitative estimate of drug-likeness (QED) is 0.845. The molecule has 70 valence electrons. The SMILES string of the molecule is COc1cc2c(c(Br)c1O)OCS2. The van der Waals surface area contributed by atoms with Crippen molar-refractivity contribution in [3.8, 4) is 17.2 Å². The van der Waals surface area contributed by atoms with E-state index in [9.17, 15) is 5.11 Å². The number of phenolic OH excluding ortho intramolecular Hbond substituents is 1. The van der Waals surface area contributed by atoms with Crippen molar-refractivity contribution < 1.29 is 14.6 Å². The fourth-order valence-corrected chi connectivity index (χ4v) is 2.57. The number of halogens is 1. The molecule has 1 N–H and O–H groups in total. The fraction of sp³-hybridized carbons (Fsp3) is 0.250. The molecule has 0 saturated heterocycles. The van der Waals surface area contributed by atoms with E-state index in [4.69, 9.17) is 9.47 Å². The first kappa shape index (κ1) is 9.02. The summed E-state index contributed by atoms with van der Waals surface area (Å²) in [5, 5.41) is 9.60. The number of aromatic hydroxyl groups is 1. The highest BCUT2D eigenvalue weighted by molar-refractivity contribution is 9.10. The topological polar surface area (TPSA) is 38.7 Å². The van der Waals surface area contributed by atoms with Gasteiger partial charge in [-0.2, -0.15) is 0 Å². The van der Waals surface area contributed by atoms with Crippen molar-refractivity contribution in [2.24, 2.45) is 0 Å². The van der Waals surface area contributed by atoms with Crippen LogP contribution in [0.3, 0.4) is 0 Å². The summed E-state index contributed by atoms with van der Waals surface area (Å²) in [6.45, 7) is 0. The van der Waals surface area contributed by atoms with Gasteiger partial charge in [0.1, 0.15) is 10.4 Å². The van der Waals surface area contributed by atoms with Crippen molar-refractivity contribution in [3.63, 3.8) is 0 Å². The highest BCUT2D eigenvalue weighted by atomic mass is 79.9. The van der Waals surface area contributed by atoms with Gasteiger partial charge in [-0.25, -0.2) is 0 Å². The Labute approximate surface area is 88.2 Å². The van der Waals surface area contributed by atoms with Crippen LogP contribution in [-0.4, -0.2) is 18.2 Å². The average molecular weight is 263 g/mol. The minimum atomic E-state index is 0.0868. The van der Waals surface area contributed by atoms with E-state index in [0.717, 1.165) is 4.90 Å². The Hall–Kier alpha value is -0.550. The predicted octanol–water partition coefficient (Wildman–Crippen LogP) is 2.61. The van der Waals surface area contributed by atoms with Crippen molar-refractivity contribution in [3.05, 3.63) is 10.5 Å². The molecule has 1 aromatic carbocycles. The van der Waals surface area contributed by atoms with Crippen LogP contribution in [0.2, 0.25) is 0 Å². The highest BCUT2D eigenvalue weighted by Crippen LogP contribution is 2.49. The molecular weight excluding hydrogens is 256 g/mol. The molecule has 0 aromatic heterocycles. The number of rotatable bonds is 1. The third-order valence-electron chi connectivity index (χ3n) is 1.76. The average Bonchev–Trinajstić information content (AvgIpc) is 2.59. The molecule has 3 nitrogen and oxygen atoms in total. The van der Waals surface area contributed by atoms with Gasteiger partial charge in [0.25, 0.3) is 0 Å². The van der Waals surface area contributed by atoms with Gasteiger partial charge in [-0.05, 0) is 15.9 Å². The van der Waals surface area contributed by atoms with Gasteiger partial charge in [-0.3, -0.25) is 0 Å². The maximum atomic E-state index is 9.60. The monoisotopic (exact) mass is 262 g/mol. The van der Waals surface area contributed by atoms with Gasteiger partial charge >= 0.3 is 0 Å². The molecule has 0 spiro atoms. The normalized spacial score (nSPS) is 13.7. The number of methoxy groups -OCH3 is 1. The number of thioether (sulfide) groups is 1. The molecule has 0 atom stereocenters.